The van der Waals surface area contributed by atoms with E-state index < -0.39 is 5.97 Å². The molecule has 7 nitrogen and oxygen atoms in total. The summed E-state index contributed by atoms with van der Waals surface area (Å²) in [4.78, 5) is 19.7. The average Bonchev–Trinajstić information content (AvgIpc) is 3.02. The van der Waals surface area contributed by atoms with Gasteiger partial charge in [-0.1, -0.05) is 18.2 Å². The third kappa shape index (κ3) is 2.88. The van der Waals surface area contributed by atoms with Crippen LogP contribution in [0.15, 0.2) is 41.1 Å². The second-order valence-electron chi connectivity index (χ2n) is 4.35. The minimum Gasteiger partial charge on any atom is -0.481 e. The average molecular weight is 299 g/mol. The summed E-state index contributed by atoms with van der Waals surface area (Å²) in [7, 11) is 0. The molecule has 0 saturated heterocycles. The Hall–Kier alpha value is -2.96. The van der Waals surface area contributed by atoms with E-state index in [-0.39, 0.29) is 24.9 Å². The first kappa shape index (κ1) is 14.0. The molecule has 1 aromatic carbocycles. The van der Waals surface area contributed by atoms with Gasteiger partial charge >= 0.3 is 5.97 Å². The van der Waals surface area contributed by atoms with Crippen LogP contribution in [0.25, 0.3) is 10.9 Å². The van der Waals surface area contributed by atoms with Gasteiger partial charge in [0.05, 0.1) is 6.61 Å². The van der Waals surface area contributed by atoms with Crippen molar-refractivity contribution in [1.82, 2.24) is 15.1 Å². The molecule has 7 heteroatoms. The zero-order chi connectivity index (χ0) is 15.4. The maximum absolute atomic E-state index is 11.4. The molecule has 3 aromatic rings. The molecule has 0 aliphatic carbocycles. The molecule has 0 bridgehead atoms. The maximum atomic E-state index is 11.4. The lowest BCUT2D eigenvalue weighted by Crippen LogP contribution is -2.07. The summed E-state index contributed by atoms with van der Waals surface area (Å²) in [5.41, 5.74) is 0.745. The molecule has 0 spiro atoms. The molecule has 0 fully saturated rings. The molecule has 22 heavy (non-hydrogen) atoms. The summed E-state index contributed by atoms with van der Waals surface area (Å²) in [6.07, 6.45) is 1.70. The predicted molar refractivity (Wildman–Crippen MR) is 76.3 cm³/mol. The number of ether oxygens (including phenoxy) is 2. The molecule has 2 heterocycles. The lowest BCUT2D eigenvalue weighted by atomic mass is 10.2. The Labute approximate surface area is 125 Å². The molecule has 112 valence electrons. The van der Waals surface area contributed by atoms with Crippen molar-refractivity contribution in [2.24, 2.45) is 0 Å². The van der Waals surface area contributed by atoms with Crippen molar-refractivity contribution in [1.29, 1.82) is 0 Å². The Morgan fingerprint density at radius 3 is 3.00 bits per heavy atom. The van der Waals surface area contributed by atoms with Crippen LogP contribution in [-0.2, 0) is 11.3 Å². The van der Waals surface area contributed by atoms with Crippen LogP contribution >= 0.6 is 0 Å². The lowest BCUT2D eigenvalue weighted by Gasteiger charge is -2.05. The Bertz CT molecular complexity index is 795. The molecular formula is C15H13N3O4. The van der Waals surface area contributed by atoms with Crippen LogP contribution in [0.5, 0.6) is 5.75 Å². The van der Waals surface area contributed by atoms with Gasteiger partial charge in [-0.15, -0.1) is 0 Å². The molecule has 0 aliphatic rings. The summed E-state index contributed by atoms with van der Waals surface area (Å²) in [5, 5.41) is 4.52. The van der Waals surface area contributed by atoms with Gasteiger partial charge in [-0.05, 0) is 24.2 Å². The first-order chi connectivity index (χ1) is 10.8. The quantitative estimate of drug-likeness (QED) is 0.668. The minimum atomic E-state index is -0.621. The number of benzene rings is 1. The molecule has 3 rings (SSSR count). The number of carbonyl (C=O) groups is 1. The fourth-order valence-corrected chi connectivity index (χ4v) is 1.92. The van der Waals surface area contributed by atoms with Crippen molar-refractivity contribution in [3.63, 3.8) is 0 Å². The number of esters is 1. The fraction of sp³-hybridized carbons (Fsp3) is 0.200. The Balaban J connectivity index is 1.73. The number of hydrogen-bond acceptors (Lipinski definition) is 7. The third-order valence-corrected chi connectivity index (χ3v) is 2.87. The number of hydrogen-bond donors (Lipinski definition) is 0. The normalized spacial score (nSPS) is 10.6. The van der Waals surface area contributed by atoms with Crippen LogP contribution < -0.4 is 4.74 Å². The van der Waals surface area contributed by atoms with Gasteiger partial charge in [0.2, 0.25) is 0 Å². The van der Waals surface area contributed by atoms with Crippen molar-refractivity contribution in [3.8, 4) is 5.75 Å². The Morgan fingerprint density at radius 2 is 2.14 bits per heavy atom. The molecule has 0 amide bonds. The smallest absolute Gasteiger partial charge is 0.379 e. The standard InChI is InChI=1S/C15H13N3O4/c1-2-20-15(19)14-17-12(22-18-14)9-21-11-7-3-5-10-6-4-8-16-13(10)11/h3-8H,2,9H2,1H3. The summed E-state index contributed by atoms with van der Waals surface area (Å²) >= 11 is 0. The molecule has 0 unspecified atom stereocenters. The van der Waals surface area contributed by atoms with Gasteiger partial charge in [0, 0.05) is 11.6 Å². The number of rotatable bonds is 5. The summed E-state index contributed by atoms with van der Waals surface area (Å²) in [5.74, 6) is 0.0609. The topological polar surface area (TPSA) is 87.3 Å². The zero-order valence-corrected chi connectivity index (χ0v) is 11.9. The van der Waals surface area contributed by atoms with Crippen LogP contribution in [0.4, 0.5) is 0 Å². The van der Waals surface area contributed by atoms with Gasteiger partial charge in [0.25, 0.3) is 11.7 Å². The monoisotopic (exact) mass is 299 g/mol. The van der Waals surface area contributed by atoms with E-state index in [0.717, 1.165) is 10.9 Å². The van der Waals surface area contributed by atoms with Crippen LogP contribution in [0.1, 0.15) is 23.4 Å². The number of pyridine rings is 1. The molecule has 0 aliphatic heterocycles. The van der Waals surface area contributed by atoms with Crippen LogP contribution in [-0.4, -0.2) is 27.7 Å². The van der Waals surface area contributed by atoms with Gasteiger partial charge in [-0.2, -0.15) is 4.98 Å². The summed E-state index contributed by atoms with van der Waals surface area (Å²) in [6.45, 7) is 2.00. The highest BCUT2D eigenvalue weighted by Crippen LogP contribution is 2.23. The highest BCUT2D eigenvalue weighted by Gasteiger charge is 2.16. The molecule has 2 aromatic heterocycles. The molecule has 0 atom stereocenters. The highest BCUT2D eigenvalue weighted by molar-refractivity contribution is 5.85. The van der Waals surface area contributed by atoms with Crippen LogP contribution in [0.3, 0.4) is 0 Å². The van der Waals surface area contributed by atoms with E-state index in [1.807, 2.05) is 24.3 Å². The van der Waals surface area contributed by atoms with E-state index >= 15 is 0 Å². The zero-order valence-electron chi connectivity index (χ0n) is 11.9. The summed E-state index contributed by atoms with van der Waals surface area (Å²) < 4.78 is 15.4. The number of carbonyl (C=O) groups excluding carboxylic acids is 1. The van der Waals surface area contributed by atoms with Crippen molar-refractivity contribution < 1.29 is 18.8 Å². The first-order valence-corrected chi connectivity index (χ1v) is 6.74. The number of aromatic nitrogens is 3. The first-order valence-electron chi connectivity index (χ1n) is 6.74. The van der Waals surface area contributed by atoms with Gasteiger partial charge in [0.1, 0.15) is 11.3 Å². The van der Waals surface area contributed by atoms with Crippen molar-refractivity contribution in [2.45, 2.75) is 13.5 Å². The largest absolute Gasteiger partial charge is 0.481 e. The van der Waals surface area contributed by atoms with E-state index in [4.69, 9.17) is 14.0 Å². The van der Waals surface area contributed by atoms with Crippen molar-refractivity contribution in [3.05, 3.63) is 48.2 Å². The minimum absolute atomic E-state index is 0.0437. The van der Waals surface area contributed by atoms with Crippen molar-refractivity contribution >= 4 is 16.9 Å². The Kier molecular flexibility index (Phi) is 3.95. The van der Waals surface area contributed by atoms with Gasteiger partial charge in [-0.3, -0.25) is 4.98 Å². The number of para-hydroxylation sites is 1. The van der Waals surface area contributed by atoms with E-state index in [2.05, 4.69) is 15.1 Å². The van der Waals surface area contributed by atoms with Gasteiger partial charge in [0.15, 0.2) is 6.61 Å². The SMILES string of the molecule is CCOC(=O)c1noc(COc2cccc3cccnc23)n1. The molecule has 0 N–H and O–H groups in total. The second kappa shape index (κ2) is 6.21. The van der Waals surface area contributed by atoms with Gasteiger partial charge in [-0.25, -0.2) is 4.79 Å². The lowest BCUT2D eigenvalue weighted by molar-refractivity contribution is 0.0508. The van der Waals surface area contributed by atoms with Crippen LogP contribution in [0, 0.1) is 0 Å². The molecule has 0 radical (unpaired) electrons. The molecule has 0 saturated carbocycles. The van der Waals surface area contributed by atoms with E-state index in [1.165, 1.54) is 0 Å². The number of fused-ring (bicyclic) bond motifs is 1. The second-order valence-corrected chi connectivity index (χ2v) is 4.35. The fourth-order valence-electron chi connectivity index (χ4n) is 1.92. The number of nitrogens with zero attached hydrogens (tertiary/aromatic N) is 3. The highest BCUT2D eigenvalue weighted by atomic mass is 16.5. The Morgan fingerprint density at radius 1 is 1.27 bits per heavy atom. The van der Waals surface area contributed by atoms with E-state index in [9.17, 15) is 4.79 Å². The maximum Gasteiger partial charge on any atom is 0.379 e. The summed E-state index contributed by atoms with van der Waals surface area (Å²) in [6, 6.07) is 9.42. The van der Waals surface area contributed by atoms with Crippen molar-refractivity contribution in [2.75, 3.05) is 6.61 Å². The molecular weight excluding hydrogens is 286 g/mol. The van der Waals surface area contributed by atoms with Gasteiger partial charge < -0.3 is 14.0 Å². The third-order valence-electron chi connectivity index (χ3n) is 2.87. The van der Waals surface area contributed by atoms with E-state index in [0.29, 0.717) is 5.75 Å². The predicted octanol–water partition coefficient (Wildman–Crippen LogP) is 2.37. The van der Waals surface area contributed by atoms with E-state index in [1.54, 1.807) is 19.2 Å². The van der Waals surface area contributed by atoms with Crippen LogP contribution in [0.2, 0.25) is 0 Å².